The number of ether oxygens (including phenoxy) is 1. The highest BCUT2D eigenvalue weighted by Gasteiger charge is 2.35. The number of halogens is 2. The first-order valence-corrected chi connectivity index (χ1v) is 7.17. The largest absolute Gasteiger partial charge is 0.438 e. The highest BCUT2D eigenvalue weighted by molar-refractivity contribution is 5.63. The van der Waals surface area contributed by atoms with Gasteiger partial charge in [0.05, 0.1) is 5.56 Å². The number of rotatable bonds is 1. The molecule has 0 spiro atoms. The number of anilines is 2. The Morgan fingerprint density at radius 3 is 2.62 bits per heavy atom. The van der Waals surface area contributed by atoms with E-state index >= 15 is 0 Å². The fraction of sp³-hybridized carbons (Fsp3) is 0.0588. The Bertz CT molecular complexity index is 961. The molecule has 4 N–H and O–H groups in total. The van der Waals surface area contributed by atoms with Crippen molar-refractivity contribution < 1.29 is 13.5 Å². The Balaban J connectivity index is 2.05. The lowest BCUT2D eigenvalue weighted by atomic mass is 9.83. The van der Waals surface area contributed by atoms with E-state index in [1.54, 1.807) is 24.3 Å². The van der Waals surface area contributed by atoms with Gasteiger partial charge in [-0.15, -0.1) is 0 Å². The summed E-state index contributed by atoms with van der Waals surface area (Å²) in [5.74, 6) is -1.71. The third-order valence-electron chi connectivity index (χ3n) is 3.96. The zero-order chi connectivity index (χ0) is 16.8. The van der Waals surface area contributed by atoms with E-state index in [-0.39, 0.29) is 23.0 Å². The standard InChI is InChI=1S/C17H12F2N4O/c18-9-5-11(19)14-12(6-9)24-17-15(16(21)22-7-23-17)13(14)8-2-1-3-10(20)4-8/h1-7,13H,20H2,(H2,21,22,23). The van der Waals surface area contributed by atoms with Crippen molar-refractivity contribution in [2.75, 3.05) is 11.5 Å². The Morgan fingerprint density at radius 1 is 1.00 bits per heavy atom. The molecule has 24 heavy (non-hydrogen) atoms. The van der Waals surface area contributed by atoms with Crippen LogP contribution in [0.15, 0.2) is 42.7 Å². The van der Waals surface area contributed by atoms with Crippen LogP contribution < -0.4 is 16.2 Å². The molecular formula is C17H12F2N4O. The third kappa shape index (κ3) is 2.13. The maximum absolute atomic E-state index is 14.6. The lowest BCUT2D eigenvalue weighted by molar-refractivity contribution is 0.417. The van der Waals surface area contributed by atoms with E-state index in [1.807, 2.05) is 0 Å². The average molecular weight is 326 g/mol. The molecule has 1 aliphatic rings. The Labute approximate surface area is 135 Å². The summed E-state index contributed by atoms with van der Waals surface area (Å²) in [6.07, 6.45) is 1.24. The van der Waals surface area contributed by atoms with Crippen LogP contribution in [0.25, 0.3) is 0 Å². The van der Waals surface area contributed by atoms with Gasteiger partial charge in [0.1, 0.15) is 29.5 Å². The van der Waals surface area contributed by atoms with Crippen molar-refractivity contribution in [3.05, 3.63) is 71.1 Å². The van der Waals surface area contributed by atoms with Gasteiger partial charge in [-0.1, -0.05) is 12.1 Å². The quantitative estimate of drug-likeness (QED) is 0.525. The average Bonchev–Trinajstić information content (AvgIpc) is 2.53. The molecule has 2 aromatic carbocycles. The smallest absolute Gasteiger partial charge is 0.228 e. The van der Waals surface area contributed by atoms with Gasteiger partial charge < -0.3 is 16.2 Å². The van der Waals surface area contributed by atoms with Crippen molar-refractivity contribution in [1.29, 1.82) is 0 Å². The van der Waals surface area contributed by atoms with Crippen LogP contribution in [0, 0.1) is 11.6 Å². The fourth-order valence-corrected chi connectivity index (χ4v) is 2.99. The molecule has 0 bridgehead atoms. The molecule has 4 rings (SSSR count). The number of hydrogen-bond donors (Lipinski definition) is 2. The molecule has 1 aromatic heterocycles. The summed E-state index contributed by atoms with van der Waals surface area (Å²) in [5.41, 5.74) is 13.7. The maximum atomic E-state index is 14.6. The zero-order valence-corrected chi connectivity index (χ0v) is 12.3. The molecule has 120 valence electrons. The number of nitrogen functional groups attached to an aromatic ring is 2. The van der Waals surface area contributed by atoms with E-state index in [0.717, 1.165) is 12.1 Å². The molecule has 0 aliphatic carbocycles. The Hall–Kier alpha value is -3.22. The number of fused-ring (bicyclic) bond motifs is 2. The second-order valence-electron chi connectivity index (χ2n) is 5.48. The lowest BCUT2D eigenvalue weighted by Crippen LogP contribution is -2.17. The summed E-state index contributed by atoms with van der Waals surface area (Å²) >= 11 is 0. The molecule has 0 radical (unpaired) electrons. The van der Waals surface area contributed by atoms with Gasteiger partial charge >= 0.3 is 0 Å². The molecule has 1 atom stereocenters. The number of nitrogens with zero attached hydrogens (tertiary/aromatic N) is 2. The second kappa shape index (κ2) is 5.16. The predicted molar refractivity (Wildman–Crippen MR) is 84.7 cm³/mol. The van der Waals surface area contributed by atoms with Gasteiger partial charge in [0.25, 0.3) is 0 Å². The van der Waals surface area contributed by atoms with Gasteiger partial charge in [0, 0.05) is 29.3 Å². The molecule has 0 saturated carbocycles. The molecule has 1 aliphatic heterocycles. The van der Waals surface area contributed by atoms with E-state index < -0.39 is 17.6 Å². The van der Waals surface area contributed by atoms with Crippen LogP contribution >= 0.6 is 0 Å². The van der Waals surface area contributed by atoms with Crippen LogP contribution in [0.4, 0.5) is 20.3 Å². The summed E-state index contributed by atoms with van der Waals surface area (Å²) in [6, 6.07) is 8.90. The molecule has 5 nitrogen and oxygen atoms in total. The molecule has 0 fully saturated rings. The van der Waals surface area contributed by atoms with Crippen LogP contribution in [0.3, 0.4) is 0 Å². The van der Waals surface area contributed by atoms with Crippen molar-refractivity contribution in [3.8, 4) is 11.6 Å². The second-order valence-corrected chi connectivity index (χ2v) is 5.48. The van der Waals surface area contributed by atoms with Crippen molar-refractivity contribution >= 4 is 11.5 Å². The van der Waals surface area contributed by atoms with Crippen LogP contribution in [0.5, 0.6) is 11.6 Å². The first-order chi connectivity index (χ1) is 11.5. The maximum Gasteiger partial charge on any atom is 0.228 e. The predicted octanol–water partition coefficient (Wildman–Crippen LogP) is 3.21. The van der Waals surface area contributed by atoms with Crippen molar-refractivity contribution in [2.24, 2.45) is 0 Å². The van der Waals surface area contributed by atoms with Crippen LogP contribution in [0.2, 0.25) is 0 Å². The third-order valence-corrected chi connectivity index (χ3v) is 3.96. The van der Waals surface area contributed by atoms with Crippen LogP contribution in [-0.4, -0.2) is 9.97 Å². The minimum absolute atomic E-state index is 0.0607. The topological polar surface area (TPSA) is 87.0 Å². The number of nitrogens with two attached hydrogens (primary N) is 2. The molecule has 1 unspecified atom stereocenters. The molecule has 0 amide bonds. The van der Waals surface area contributed by atoms with Crippen molar-refractivity contribution in [3.63, 3.8) is 0 Å². The van der Waals surface area contributed by atoms with Gasteiger partial charge in [0.2, 0.25) is 5.88 Å². The minimum Gasteiger partial charge on any atom is -0.438 e. The van der Waals surface area contributed by atoms with Gasteiger partial charge in [0.15, 0.2) is 0 Å². The van der Waals surface area contributed by atoms with Gasteiger partial charge in [-0.2, -0.15) is 0 Å². The summed E-state index contributed by atoms with van der Waals surface area (Å²) < 4.78 is 33.7. The van der Waals surface area contributed by atoms with E-state index in [2.05, 4.69) is 9.97 Å². The molecule has 2 heterocycles. The zero-order valence-electron chi connectivity index (χ0n) is 12.3. The van der Waals surface area contributed by atoms with Gasteiger partial charge in [-0.25, -0.2) is 18.7 Å². The Kier molecular flexibility index (Phi) is 3.09. The highest BCUT2D eigenvalue weighted by atomic mass is 19.1. The van der Waals surface area contributed by atoms with Crippen molar-refractivity contribution in [1.82, 2.24) is 9.97 Å². The van der Waals surface area contributed by atoms with Crippen LogP contribution in [-0.2, 0) is 0 Å². The first kappa shape index (κ1) is 14.4. The van der Waals surface area contributed by atoms with Gasteiger partial charge in [-0.3, -0.25) is 0 Å². The van der Waals surface area contributed by atoms with Crippen LogP contribution in [0.1, 0.15) is 22.6 Å². The lowest BCUT2D eigenvalue weighted by Gasteiger charge is -2.28. The van der Waals surface area contributed by atoms with E-state index in [1.165, 1.54) is 6.33 Å². The monoisotopic (exact) mass is 326 g/mol. The number of hydrogen-bond acceptors (Lipinski definition) is 5. The summed E-state index contributed by atoms with van der Waals surface area (Å²) in [6.45, 7) is 0. The summed E-state index contributed by atoms with van der Waals surface area (Å²) in [5, 5.41) is 0. The minimum atomic E-state index is -0.733. The number of benzene rings is 2. The fourth-order valence-electron chi connectivity index (χ4n) is 2.99. The highest BCUT2D eigenvalue weighted by Crippen LogP contribution is 2.49. The van der Waals surface area contributed by atoms with Gasteiger partial charge in [-0.05, 0) is 17.7 Å². The Morgan fingerprint density at radius 2 is 1.83 bits per heavy atom. The number of aromatic nitrogens is 2. The molecule has 7 heteroatoms. The molecule has 0 saturated heterocycles. The van der Waals surface area contributed by atoms with E-state index in [9.17, 15) is 8.78 Å². The van der Waals surface area contributed by atoms with E-state index in [4.69, 9.17) is 16.2 Å². The first-order valence-electron chi connectivity index (χ1n) is 7.17. The molecular weight excluding hydrogens is 314 g/mol. The summed E-state index contributed by atoms with van der Waals surface area (Å²) in [7, 11) is 0. The van der Waals surface area contributed by atoms with Crippen molar-refractivity contribution in [2.45, 2.75) is 5.92 Å². The molecule has 3 aromatic rings. The van der Waals surface area contributed by atoms with E-state index in [0.29, 0.717) is 16.8 Å². The normalized spacial score (nSPS) is 15.3. The SMILES string of the molecule is Nc1cccc(C2c3c(F)cc(F)cc3Oc3ncnc(N)c32)c1. The summed E-state index contributed by atoms with van der Waals surface area (Å²) in [4.78, 5) is 8.02.